The van der Waals surface area contributed by atoms with Crippen LogP contribution in [-0.2, 0) is 11.8 Å². The van der Waals surface area contributed by atoms with Crippen molar-refractivity contribution in [3.63, 3.8) is 0 Å². The topological polar surface area (TPSA) is 41.4 Å². The standard InChI is InChI=1S/C17H21F3N4O/c1-22(11-17(18,19)20)15(25)10-24-9-5-8-14(24)16-21-12-6-3-4-7-13(12)23(16)2/h3-4,6-7,14H,5,8-11H2,1-2H3. The van der Waals surface area contributed by atoms with Crippen LogP contribution in [0.2, 0.25) is 0 Å². The zero-order valence-corrected chi connectivity index (χ0v) is 14.3. The zero-order valence-electron chi connectivity index (χ0n) is 14.3. The van der Waals surface area contributed by atoms with Crippen molar-refractivity contribution in [3.8, 4) is 0 Å². The van der Waals surface area contributed by atoms with Crippen LogP contribution in [0.3, 0.4) is 0 Å². The molecule has 3 rings (SSSR count). The van der Waals surface area contributed by atoms with Crippen LogP contribution in [0.5, 0.6) is 0 Å². The molecule has 1 amide bonds. The molecule has 0 radical (unpaired) electrons. The van der Waals surface area contributed by atoms with Crippen molar-refractivity contribution in [3.05, 3.63) is 30.1 Å². The molecule has 136 valence electrons. The van der Waals surface area contributed by atoms with E-state index in [1.54, 1.807) is 0 Å². The molecule has 1 aliphatic rings. The van der Waals surface area contributed by atoms with Crippen LogP contribution in [0.15, 0.2) is 24.3 Å². The third-order valence-corrected chi connectivity index (χ3v) is 4.66. The second-order valence-electron chi connectivity index (χ2n) is 6.51. The first-order valence-corrected chi connectivity index (χ1v) is 8.22. The maximum Gasteiger partial charge on any atom is 0.406 e. The number of likely N-dealkylation sites (tertiary alicyclic amines) is 1. The molecular weight excluding hydrogens is 333 g/mol. The van der Waals surface area contributed by atoms with E-state index >= 15 is 0 Å². The predicted octanol–water partition coefficient (Wildman–Crippen LogP) is 2.73. The van der Waals surface area contributed by atoms with E-state index in [4.69, 9.17) is 0 Å². The first kappa shape index (κ1) is 17.7. The molecule has 1 saturated heterocycles. The summed E-state index contributed by atoms with van der Waals surface area (Å²) in [7, 11) is 3.12. The Hall–Kier alpha value is -2.09. The highest BCUT2D eigenvalue weighted by molar-refractivity contribution is 5.78. The molecule has 2 heterocycles. The molecule has 0 spiro atoms. The van der Waals surface area contributed by atoms with Crippen molar-refractivity contribution in [1.29, 1.82) is 0 Å². The number of amides is 1. The van der Waals surface area contributed by atoms with Crippen molar-refractivity contribution < 1.29 is 18.0 Å². The van der Waals surface area contributed by atoms with Crippen molar-refractivity contribution >= 4 is 16.9 Å². The molecule has 1 aromatic heterocycles. The molecule has 0 aliphatic carbocycles. The van der Waals surface area contributed by atoms with Crippen LogP contribution in [-0.4, -0.2) is 58.1 Å². The lowest BCUT2D eigenvalue weighted by atomic mass is 10.2. The number of alkyl halides is 3. The van der Waals surface area contributed by atoms with Gasteiger partial charge in [0.25, 0.3) is 0 Å². The fourth-order valence-corrected chi connectivity index (χ4v) is 3.42. The van der Waals surface area contributed by atoms with Crippen molar-refractivity contribution in [1.82, 2.24) is 19.4 Å². The average molecular weight is 354 g/mol. The van der Waals surface area contributed by atoms with Crippen LogP contribution in [0.4, 0.5) is 13.2 Å². The number of aryl methyl sites for hydroxylation is 1. The van der Waals surface area contributed by atoms with E-state index in [0.717, 1.165) is 34.6 Å². The lowest BCUT2D eigenvalue weighted by Crippen LogP contribution is -2.42. The molecule has 1 fully saturated rings. The summed E-state index contributed by atoms with van der Waals surface area (Å²) in [5.41, 5.74) is 1.89. The van der Waals surface area contributed by atoms with Gasteiger partial charge in [-0.15, -0.1) is 0 Å². The van der Waals surface area contributed by atoms with Crippen LogP contribution in [0, 0.1) is 0 Å². The van der Waals surface area contributed by atoms with Crippen LogP contribution < -0.4 is 0 Å². The minimum absolute atomic E-state index is 0.0273. The Labute approximate surface area is 144 Å². The second-order valence-corrected chi connectivity index (χ2v) is 6.51. The van der Waals surface area contributed by atoms with Gasteiger partial charge in [0.2, 0.25) is 5.91 Å². The van der Waals surface area contributed by atoms with Crippen molar-refractivity contribution in [2.45, 2.75) is 25.1 Å². The Morgan fingerprint density at radius 1 is 1.36 bits per heavy atom. The molecule has 0 bridgehead atoms. The Morgan fingerprint density at radius 3 is 2.76 bits per heavy atom. The van der Waals surface area contributed by atoms with Gasteiger partial charge in [0.1, 0.15) is 12.4 Å². The SMILES string of the molecule is CN(CC(F)(F)F)C(=O)CN1CCCC1c1nc2ccccc2n1C. The highest BCUT2D eigenvalue weighted by Gasteiger charge is 2.34. The van der Waals surface area contributed by atoms with Crippen LogP contribution >= 0.6 is 0 Å². The third-order valence-electron chi connectivity index (χ3n) is 4.66. The smallest absolute Gasteiger partial charge is 0.336 e. The number of aromatic nitrogens is 2. The highest BCUT2D eigenvalue weighted by Crippen LogP contribution is 2.32. The number of likely N-dealkylation sites (N-methyl/N-ethyl adjacent to an activating group) is 1. The molecule has 1 unspecified atom stereocenters. The summed E-state index contributed by atoms with van der Waals surface area (Å²) in [5, 5.41) is 0. The molecule has 2 aromatic rings. The summed E-state index contributed by atoms with van der Waals surface area (Å²) < 4.78 is 39.4. The van der Waals surface area contributed by atoms with E-state index in [9.17, 15) is 18.0 Å². The van der Waals surface area contributed by atoms with Gasteiger partial charge in [-0.2, -0.15) is 13.2 Å². The summed E-state index contributed by atoms with van der Waals surface area (Å²) in [6, 6.07) is 7.71. The van der Waals surface area contributed by atoms with Crippen LogP contribution in [0.1, 0.15) is 24.7 Å². The summed E-state index contributed by atoms with van der Waals surface area (Å²) in [5.74, 6) is 0.327. The number of hydrogen-bond donors (Lipinski definition) is 0. The van der Waals surface area contributed by atoms with E-state index in [-0.39, 0.29) is 12.6 Å². The molecular formula is C17H21F3N4O. The van der Waals surface area contributed by atoms with Gasteiger partial charge in [-0.05, 0) is 31.5 Å². The monoisotopic (exact) mass is 354 g/mol. The second kappa shape index (κ2) is 6.67. The number of benzene rings is 1. The number of halogens is 3. The predicted molar refractivity (Wildman–Crippen MR) is 88.0 cm³/mol. The van der Waals surface area contributed by atoms with Gasteiger partial charge in [-0.1, -0.05) is 12.1 Å². The van der Waals surface area contributed by atoms with Gasteiger partial charge in [0, 0.05) is 14.1 Å². The summed E-state index contributed by atoms with van der Waals surface area (Å²) in [4.78, 5) is 19.5. The quantitative estimate of drug-likeness (QED) is 0.848. The van der Waals surface area contributed by atoms with Crippen LogP contribution in [0.25, 0.3) is 11.0 Å². The molecule has 8 heteroatoms. The fraction of sp³-hybridized carbons (Fsp3) is 0.529. The minimum Gasteiger partial charge on any atom is -0.336 e. The first-order chi connectivity index (χ1) is 11.8. The number of carbonyl (C=O) groups excluding carboxylic acids is 1. The Kier molecular flexibility index (Phi) is 4.73. The van der Waals surface area contributed by atoms with E-state index in [2.05, 4.69) is 4.98 Å². The molecule has 1 aliphatic heterocycles. The zero-order chi connectivity index (χ0) is 18.2. The number of fused-ring (bicyclic) bond motifs is 1. The third kappa shape index (κ3) is 3.78. The first-order valence-electron chi connectivity index (χ1n) is 8.22. The van der Waals surface area contributed by atoms with E-state index in [0.29, 0.717) is 6.54 Å². The van der Waals surface area contributed by atoms with E-state index < -0.39 is 18.6 Å². The van der Waals surface area contributed by atoms with Gasteiger partial charge in [-0.3, -0.25) is 9.69 Å². The lowest BCUT2D eigenvalue weighted by Gasteiger charge is -2.26. The molecule has 0 N–H and O–H groups in total. The van der Waals surface area contributed by atoms with Gasteiger partial charge in [0.05, 0.1) is 23.6 Å². The number of nitrogens with zero attached hydrogens (tertiary/aromatic N) is 4. The Balaban J connectivity index is 1.76. The Bertz CT molecular complexity index is 771. The number of imidazole rings is 1. The van der Waals surface area contributed by atoms with Gasteiger partial charge < -0.3 is 9.47 Å². The van der Waals surface area contributed by atoms with E-state index in [1.165, 1.54) is 7.05 Å². The Morgan fingerprint density at radius 2 is 2.08 bits per heavy atom. The normalized spacial score (nSPS) is 18.8. The number of para-hydroxylation sites is 2. The summed E-state index contributed by atoms with van der Waals surface area (Å²) >= 11 is 0. The largest absolute Gasteiger partial charge is 0.406 e. The number of hydrogen-bond acceptors (Lipinski definition) is 3. The highest BCUT2D eigenvalue weighted by atomic mass is 19.4. The summed E-state index contributed by atoms with van der Waals surface area (Å²) in [6.07, 6.45) is -2.65. The molecule has 0 saturated carbocycles. The number of rotatable bonds is 4. The minimum atomic E-state index is -4.38. The summed E-state index contributed by atoms with van der Waals surface area (Å²) in [6.45, 7) is -0.573. The van der Waals surface area contributed by atoms with Gasteiger partial charge in [-0.25, -0.2) is 4.98 Å². The molecule has 1 atom stereocenters. The molecule has 1 aromatic carbocycles. The average Bonchev–Trinajstić information content (AvgIpc) is 3.10. The maximum absolute atomic E-state index is 12.5. The fourth-order valence-electron chi connectivity index (χ4n) is 3.42. The van der Waals surface area contributed by atoms with Gasteiger partial charge >= 0.3 is 6.18 Å². The number of carbonyl (C=O) groups is 1. The van der Waals surface area contributed by atoms with Crippen molar-refractivity contribution in [2.75, 3.05) is 26.7 Å². The van der Waals surface area contributed by atoms with E-state index in [1.807, 2.05) is 40.8 Å². The molecule has 5 nitrogen and oxygen atoms in total. The lowest BCUT2D eigenvalue weighted by molar-refractivity contribution is -0.159. The van der Waals surface area contributed by atoms with Crippen molar-refractivity contribution in [2.24, 2.45) is 7.05 Å². The molecule has 25 heavy (non-hydrogen) atoms. The van der Waals surface area contributed by atoms with Gasteiger partial charge in [0.15, 0.2) is 0 Å². The maximum atomic E-state index is 12.5.